The molecular weight excluding hydrogens is 218 g/mol. The van der Waals surface area contributed by atoms with E-state index in [1.165, 1.54) is 0 Å². The van der Waals surface area contributed by atoms with Gasteiger partial charge in [-0.15, -0.1) is 0 Å². The van der Waals surface area contributed by atoms with E-state index in [2.05, 4.69) is 5.32 Å². The number of nitrogens with one attached hydrogen (secondary N) is 1. The molecule has 0 saturated heterocycles. The molecule has 0 saturated carbocycles. The van der Waals surface area contributed by atoms with Gasteiger partial charge in [0, 0.05) is 0 Å². The van der Waals surface area contributed by atoms with Gasteiger partial charge in [-0.3, -0.25) is 4.79 Å². The summed E-state index contributed by atoms with van der Waals surface area (Å²) in [7, 11) is 0. The predicted molar refractivity (Wildman–Crippen MR) is 65.8 cm³/mol. The number of rotatable bonds is 6. The van der Waals surface area contributed by atoms with Crippen molar-refractivity contribution in [1.29, 1.82) is 0 Å². The van der Waals surface area contributed by atoms with Crippen molar-refractivity contribution >= 4 is 5.91 Å². The zero-order chi connectivity index (χ0) is 12.7. The Morgan fingerprint density at radius 3 is 2.53 bits per heavy atom. The Morgan fingerprint density at radius 2 is 2.00 bits per heavy atom. The lowest BCUT2D eigenvalue weighted by atomic mass is 10.1. The normalized spacial score (nSPS) is 12.2. The molecule has 0 aliphatic heterocycles. The summed E-state index contributed by atoms with van der Waals surface area (Å²) in [6.07, 6.45) is 0. The van der Waals surface area contributed by atoms with Crippen LogP contribution in [0.2, 0.25) is 0 Å². The minimum atomic E-state index is -0.221. The van der Waals surface area contributed by atoms with Crippen molar-refractivity contribution < 1.29 is 14.6 Å². The van der Waals surface area contributed by atoms with Crippen LogP contribution in [0.25, 0.3) is 0 Å². The van der Waals surface area contributed by atoms with Gasteiger partial charge in [0.25, 0.3) is 5.91 Å². The maximum Gasteiger partial charge on any atom is 0.258 e. The molecule has 1 amide bonds. The van der Waals surface area contributed by atoms with Crippen molar-refractivity contribution in [2.24, 2.45) is 5.92 Å². The van der Waals surface area contributed by atoms with Crippen LogP contribution in [0, 0.1) is 5.92 Å². The average Bonchev–Trinajstić information content (AvgIpc) is 2.34. The van der Waals surface area contributed by atoms with Gasteiger partial charge in [0.05, 0.1) is 12.6 Å². The van der Waals surface area contributed by atoms with Gasteiger partial charge in [-0.05, 0) is 18.1 Å². The number of hydrogen-bond acceptors (Lipinski definition) is 3. The van der Waals surface area contributed by atoms with Gasteiger partial charge in [-0.25, -0.2) is 0 Å². The molecule has 17 heavy (non-hydrogen) atoms. The summed E-state index contributed by atoms with van der Waals surface area (Å²) in [5.74, 6) is 0.634. The van der Waals surface area contributed by atoms with Crippen LogP contribution in [0.15, 0.2) is 30.3 Å². The monoisotopic (exact) mass is 237 g/mol. The second-order valence-corrected chi connectivity index (χ2v) is 4.20. The fourth-order valence-corrected chi connectivity index (χ4v) is 1.34. The maximum atomic E-state index is 11.5. The third-order valence-electron chi connectivity index (χ3n) is 2.46. The summed E-state index contributed by atoms with van der Waals surface area (Å²) < 4.78 is 5.30. The number of para-hydroxylation sites is 1. The number of amides is 1. The molecule has 1 atom stereocenters. The van der Waals surface area contributed by atoms with Crippen molar-refractivity contribution in [3.63, 3.8) is 0 Å². The molecule has 0 spiro atoms. The highest BCUT2D eigenvalue weighted by molar-refractivity contribution is 5.77. The molecule has 0 unspecified atom stereocenters. The summed E-state index contributed by atoms with van der Waals surface area (Å²) in [5, 5.41) is 11.8. The number of aliphatic hydroxyl groups is 1. The minimum Gasteiger partial charge on any atom is -0.484 e. The largest absolute Gasteiger partial charge is 0.484 e. The second kappa shape index (κ2) is 6.91. The van der Waals surface area contributed by atoms with E-state index in [4.69, 9.17) is 9.84 Å². The first-order chi connectivity index (χ1) is 8.13. The Morgan fingerprint density at radius 1 is 1.35 bits per heavy atom. The smallest absolute Gasteiger partial charge is 0.258 e. The molecule has 0 fully saturated rings. The Labute approximate surface area is 102 Å². The fourth-order valence-electron chi connectivity index (χ4n) is 1.34. The summed E-state index contributed by atoms with van der Waals surface area (Å²) in [5.41, 5.74) is 0. The van der Waals surface area contributed by atoms with Gasteiger partial charge in [0.2, 0.25) is 0 Å². The number of benzene rings is 1. The molecule has 1 rings (SSSR count). The topological polar surface area (TPSA) is 58.6 Å². The Balaban J connectivity index is 2.35. The molecule has 0 aliphatic carbocycles. The first kappa shape index (κ1) is 13.5. The Hall–Kier alpha value is -1.55. The number of ether oxygens (including phenoxy) is 1. The van der Waals surface area contributed by atoms with Gasteiger partial charge in [-0.2, -0.15) is 0 Å². The van der Waals surface area contributed by atoms with Gasteiger partial charge >= 0.3 is 0 Å². The van der Waals surface area contributed by atoms with Crippen LogP contribution >= 0.6 is 0 Å². The van der Waals surface area contributed by atoms with Crippen LogP contribution in [-0.2, 0) is 4.79 Å². The van der Waals surface area contributed by atoms with E-state index in [1.807, 2.05) is 32.0 Å². The van der Waals surface area contributed by atoms with Crippen molar-refractivity contribution in [1.82, 2.24) is 5.32 Å². The van der Waals surface area contributed by atoms with E-state index in [-0.39, 0.29) is 31.1 Å². The third kappa shape index (κ3) is 4.87. The lowest BCUT2D eigenvalue weighted by molar-refractivity contribution is -0.124. The Bertz CT molecular complexity index is 338. The van der Waals surface area contributed by atoms with E-state index in [0.29, 0.717) is 5.75 Å². The molecule has 4 nitrogen and oxygen atoms in total. The van der Waals surface area contributed by atoms with Crippen LogP contribution in [-0.4, -0.2) is 30.3 Å². The summed E-state index contributed by atoms with van der Waals surface area (Å²) in [6, 6.07) is 8.93. The second-order valence-electron chi connectivity index (χ2n) is 4.20. The van der Waals surface area contributed by atoms with E-state index in [9.17, 15) is 4.79 Å². The SMILES string of the molecule is CC(C)[C@@H](CO)NC(=O)COc1ccccc1. The van der Waals surface area contributed by atoms with Crippen molar-refractivity contribution in [2.45, 2.75) is 19.9 Å². The molecular formula is C13H19NO3. The van der Waals surface area contributed by atoms with E-state index < -0.39 is 0 Å². The number of hydrogen-bond donors (Lipinski definition) is 2. The fraction of sp³-hybridized carbons (Fsp3) is 0.462. The third-order valence-corrected chi connectivity index (χ3v) is 2.46. The maximum absolute atomic E-state index is 11.5. The molecule has 1 aromatic carbocycles. The molecule has 94 valence electrons. The van der Waals surface area contributed by atoms with E-state index >= 15 is 0 Å². The Kier molecular flexibility index (Phi) is 5.49. The first-order valence-corrected chi connectivity index (χ1v) is 5.71. The van der Waals surface area contributed by atoms with E-state index in [0.717, 1.165) is 0 Å². The molecule has 0 aromatic heterocycles. The van der Waals surface area contributed by atoms with Crippen molar-refractivity contribution in [3.05, 3.63) is 30.3 Å². The summed E-state index contributed by atoms with van der Waals surface area (Å²) >= 11 is 0. The summed E-state index contributed by atoms with van der Waals surface area (Å²) in [4.78, 5) is 11.5. The van der Waals surface area contributed by atoms with Crippen LogP contribution in [0.4, 0.5) is 0 Å². The molecule has 0 bridgehead atoms. The molecule has 1 aromatic rings. The van der Waals surface area contributed by atoms with Gasteiger partial charge in [0.1, 0.15) is 5.75 Å². The number of carbonyl (C=O) groups is 1. The first-order valence-electron chi connectivity index (χ1n) is 5.71. The highest BCUT2D eigenvalue weighted by Crippen LogP contribution is 2.07. The highest BCUT2D eigenvalue weighted by atomic mass is 16.5. The molecule has 4 heteroatoms. The minimum absolute atomic E-state index is 0.0345. The molecule has 0 aliphatic rings. The average molecular weight is 237 g/mol. The predicted octanol–water partition coefficient (Wildman–Crippen LogP) is 1.20. The molecule has 0 radical (unpaired) electrons. The van der Waals surface area contributed by atoms with Crippen molar-refractivity contribution in [2.75, 3.05) is 13.2 Å². The van der Waals surface area contributed by atoms with Gasteiger partial charge < -0.3 is 15.2 Å². The van der Waals surface area contributed by atoms with Crippen LogP contribution < -0.4 is 10.1 Å². The molecule has 0 heterocycles. The van der Waals surface area contributed by atoms with E-state index in [1.54, 1.807) is 12.1 Å². The zero-order valence-electron chi connectivity index (χ0n) is 10.2. The lowest BCUT2D eigenvalue weighted by Gasteiger charge is -2.19. The van der Waals surface area contributed by atoms with Crippen LogP contribution in [0.1, 0.15) is 13.8 Å². The standard InChI is InChI=1S/C13H19NO3/c1-10(2)12(8-15)14-13(16)9-17-11-6-4-3-5-7-11/h3-7,10,12,15H,8-9H2,1-2H3,(H,14,16)/t12-/m1/s1. The number of aliphatic hydroxyl groups excluding tert-OH is 1. The molecule has 2 N–H and O–H groups in total. The zero-order valence-corrected chi connectivity index (χ0v) is 10.2. The van der Waals surface area contributed by atoms with Crippen LogP contribution in [0.3, 0.4) is 0 Å². The van der Waals surface area contributed by atoms with Gasteiger partial charge in [-0.1, -0.05) is 32.0 Å². The van der Waals surface area contributed by atoms with Gasteiger partial charge in [0.15, 0.2) is 6.61 Å². The number of carbonyl (C=O) groups excluding carboxylic acids is 1. The summed E-state index contributed by atoms with van der Waals surface area (Å²) in [6.45, 7) is 3.79. The van der Waals surface area contributed by atoms with Crippen molar-refractivity contribution in [3.8, 4) is 5.75 Å². The quantitative estimate of drug-likeness (QED) is 0.781. The lowest BCUT2D eigenvalue weighted by Crippen LogP contribution is -2.43. The highest BCUT2D eigenvalue weighted by Gasteiger charge is 2.14. The van der Waals surface area contributed by atoms with Crippen LogP contribution in [0.5, 0.6) is 5.75 Å².